The van der Waals surface area contributed by atoms with E-state index in [0.29, 0.717) is 6.10 Å². The number of hydrogen-bond donors (Lipinski definition) is 0. The molecule has 1 aromatic carbocycles. The maximum Gasteiger partial charge on any atom is 0.120 e. The maximum absolute atomic E-state index is 5.74. The topological polar surface area (TPSA) is 18.5 Å². The lowest BCUT2D eigenvalue weighted by atomic mass is 10.1. The molecule has 0 spiro atoms. The predicted molar refractivity (Wildman–Crippen MR) is 49.7 cm³/mol. The Morgan fingerprint density at radius 2 is 2.23 bits per heavy atom. The number of ether oxygens (including phenoxy) is 2. The van der Waals surface area contributed by atoms with E-state index in [1.165, 1.54) is 0 Å². The van der Waals surface area contributed by atoms with E-state index in [-0.39, 0.29) is 0 Å². The van der Waals surface area contributed by atoms with Crippen LogP contribution in [0.3, 0.4) is 0 Å². The summed E-state index contributed by atoms with van der Waals surface area (Å²) in [7, 11) is 0. The minimum absolute atomic E-state index is 0.324. The van der Waals surface area contributed by atoms with Gasteiger partial charge in [-0.15, -0.1) is 0 Å². The SMILES string of the molecule is [c]1cccc(OC2CCOCC2)c1. The van der Waals surface area contributed by atoms with Gasteiger partial charge in [-0.25, -0.2) is 0 Å². The van der Waals surface area contributed by atoms with Crippen molar-refractivity contribution < 1.29 is 9.47 Å². The van der Waals surface area contributed by atoms with Crippen molar-refractivity contribution in [1.82, 2.24) is 0 Å². The van der Waals surface area contributed by atoms with Crippen LogP contribution in [0, 0.1) is 6.07 Å². The Labute approximate surface area is 78.5 Å². The fourth-order valence-electron chi connectivity index (χ4n) is 1.44. The summed E-state index contributed by atoms with van der Waals surface area (Å²) < 4.78 is 11.0. The van der Waals surface area contributed by atoms with Gasteiger partial charge in [0.25, 0.3) is 0 Å². The van der Waals surface area contributed by atoms with Gasteiger partial charge < -0.3 is 9.47 Å². The molecule has 0 unspecified atom stereocenters. The summed E-state index contributed by atoms with van der Waals surface area (Å²) in [4.78, 5) is 0. The average Bonchev–Trinajstić information content (AvgIpc) is 2.21. The number of benzene rings is 1. The quantitative estimate of drug-likeness (QED) is 0.688. The summed E-state index contributed by atoms with van der Waals surface area (Å²) >= 11 is 0. The molecule has 2 nitrogen and oxygen atoms in total. The minimum Gasteiger partial charge on any atom is -0.490 e. The van der Waals surface area contributed by atoms with Crippen LogP contribution in [0.15, 0.2) is 24.3 Å². The zero-order chi connectivity index (χ0) is 8.93. The monoisotopic (exact) mass is 177 g/mol. The molecule has 1 fully saturated rings. The highest BCUT2D eigenvalue weighted by atomic mass is 16.5. The van der Waals surface area contributed by atoms with Gasteiger partial charge in [0.1, 0.15) is 11.9 Å². The summed E-state index contributed by atoms with van der Waals surface area (Å²) in [5.41, 5.74) is 0. The van der Waals surface area contributed by atoms with E-state index in [4.69, 9.17) is 9.47 Å². The maximum atomic E-state index is 5.74. The molecule has 1 radical (unpaired) electrons. The summed E-state index contributed by atoms with van der Waals surface area (Å²) in [6.07, 6.45) is 2.31. The van der Waals surface area contributed by atoms with Crippen molar-refractivity contribution >= 4 is 0 Å². The highest BCUT2D eigenvalue weighted by Crippen LogP contribution is 2.16. The molecule has 0 bridgehead atoms. The third-order valence-corrected chi connectivity index (χ3v) is 2.15. The van der Waals surface area contributed by atoms with Crippen molar-refractivity contribution in [2.24, 2.45) is 0 Å². The van der Waals surface area contributed by atoms with Gasteiger partial charge in [0.15, 0.2) is 0 Å². The molecule has 0 amide bonds. The van der Waals surface area contributed by atoms with Crippen molar-refractivity contribution in [2.75, 3.05) is 13.2 Å². The Bertz CT molecular complexity index is 240. The largest absolute Gasteiger partial charge is 0.490 e. The molecule has 1 aromatic rings. The Morgan fingerprint density at radius 3 is 2.92 bits per heavy atom. The molecule has 1 aliphatic rings. The van der Waals surface area contributed by atoms with Crippen LogP contribution in [-0.2, 0) is 4.74 Å². The second-order valence-electron chi connectivity index (χ2n) is 3.17. The zero-order valence-electron chi connectivity index (χ0n) is 7.53. The van der Waals surface area contributed by atoms with Gasteiger partial charge in [0, 0.05) is 12.8 Å². The summed E-state index contributed by atoms with van der Waals surface area (Å²) in [6, 6.07) is 10.6. The molecule has 0 aromatic heterocycles. The molecule has 1 saturated heterocycles. The Balaban J connectivity index is 1.90. The fraction of sp³-hybridized carbons (Fsp3) is 0.455. The van der Waals surface area contributed by atoms with Crippen LogP contribution < -0.4 is 4.74 Å². The predicted octanol–water partition coefficient (Wildman–Crippen LogP) is 2.04. The first-order chi connectivity index (χ1) is 6.45. The Kier molecular flexibility index (Phi) is 2.82. The molecular weight excluding hydrogens is 164 g/mol. The first-order valence-electron chi connectivity index (χ1n) is 4.66. The Morgan fingerprint density at radius 1 is 1.38 bits per heavy atom. The molecule has 2 heteroatoms. The molecular formula is C11H13O2. The molecule has 0 atom stereocenters. The van der Waals surface area contributed by atoms with E-state index in [0.717, 1.165) is 31.8 Å². The number of hydrogen-bond acceptors (Lipinski definition) is 2. The van der Waals surface area contributed by atoms with Crippen molar-refractivity contribution in [3.63, 3.8) is 0 Å². The van der Waals surface area contributed by atoms with Crippen LogP contribution in [0.25, 0.3) is 0 Å². The molecule has 0 aliphatic carbocycles. The van der Waals surface area contributed by atoms with Gasteiger partial charge in [-0.05, 0) is 18.2 Å². The zero-order valence-corrected chi connectivity index (χ0v) is 7.53. The highest BCUT2D eigenvalue weighted by Gasteiger charge is 2.14. The fourth-order valence-corrected chi connectivity index (χ4v) is 1.44. The van der Waals surface area contributed by atoms with E-state index in [1.807, 2.05) is 24.3 Å². The molecule has 1 aliphatic heterocycles. The molecule has 0 N–H and O–H groups in total. The third kappa shape index (κ3) is 2.46. The van der Waals surface area contributed by atoms with Crippen molar-refractivity contribution in [3.8, 4) is 5.75 Å². The molecule has 0 saturated carbocycles. The van der Waals surface area contributed by atoms with E-state index < -0.39 is 0 Å². The van der Waals surface area contributed by atoms with Crippen molar-refractivity contribution in [1.29, 1.82) is 0 Å². The first-order valence-corrected chi connectivity index (χ1v) is 4.66. The van der Waals surface area contributed by atoms with E-state index in [2.05, 4.69) is 6.07 Å². The lowest BCUT2D eigenvalue weighted by Gasteiger charge is -2.23. The van der Waals surface area contributed by atoms with Gasteiger partial charge >= 0.3 is 0 Å². The van der Waals surface area contributed by atoms with E-state index >= 15 is 0 Å². The number of rotatable bonds is 2. The summed E-state index contributed by atoms with van der Waals surface area (Å²) in [6.45, 7) is 1.64. The Hall–Kier alpha value is -1.02. The molecule has 2 rings (SSSR count). The van der Waals surface area contributed by atoms with Crippen LogP contribution >= 0.6 is 0 Å². The average molecular weight is 177 g/mol. The van der Waals surface area contributed by atoms with E-state index in [9.17, 15) is 0 Å². The highest BCUT2D eigenvalue weighted by molar-refractivity contribution is 5.20. The molecule has 69 valence electrons. The van der Waals surface area contributed by atoms with Crippen LogP contribution in [0.4, 0.5) is 0 Å². The first kappa shape index (κ1) is 8.57. The van der Waals surface area contributed by atoms with Crippen LogP contribution in [0.2, 0.25) is 0 Å². The van der Waals surface area contributed by atoms with Crippen LogP contribution in [0.1, 0.15) is 12.8 Å². The van der Waals surface area contributed by atoms with Crippen molar-refractivity contribution in [2.45, 2.75) is 18.9 Å². The standard InChI is InChI=1S/C11H13O2/c1-2-4-10(5-3-1)13-11-6-8-12-9-7-11/h1-2,4-5,11H,6-9H2. The second-order valence-corrected chi connectivity index (χ2v) is 3.17. The van der Waals surface area contributed by atoms with E-state index in [1.54, 1.807) is 0 Å². The normalized spacial score (nSPS) is 18.5. The second kappa shape index (κ2) is 4.28. The molecule has 13 heavy (non-hydrogen) atoms. The minimum atomic E-state index is 0.324. The summed E-state index contributed by atoms with van der Waals surface area (Å²) in [5.74, 6) is 0.911. The smallest absolute Gasteiger partial charge is 0.120 e. The van der Waals surface area contributed by atoms with Gasteiger partial charge in [-0.2, -0.15) is 0 Å². The third-order valence-electron chi connectivity index (χ3n) is 2.15. The van der Waals surface area contributed by atoms with Crippen molar-refractivity contribution in [3.05, 3.63) is 30.3 Å². The van der Waals surface area contributed by atoms with Gasteiger partial charge in [0.05, 0.1) is 13.2 Å². The van der Waals surface area contributed by atoms with Gasteiger partial charge in [0.2, 0.25) is 0 Å². The van der Waals surface area contributed by atoms with Gasteiger partial charge in [-0.1, -0.05) is 12.1 Å². The lowest BCUT2D eigenvalue weighted by molar-refractivity contribution is 0.0255. The van der Waals surface area contributed by atoms with Gasteiger partial charge in [-0.3, -0.25) is 0 Å². The summed E-state index contributed by atoms with van der Waals surface area (Å²) in [5, 5.41) is 0. The van der Waals surface area contributed by atoms with Crippen LogP contribution in [0.5, 0.6) is 5.75 Å². The van der Waals surface area contributed by atoms with Crippen LogP contribution in [-0.4, -0.2) is 19.3 Å². The molecule has 1 heterocycles. The lowest BCUT2D eigenvalue weighted by Crippen LogP contribution is -2.25.